The maximum atomic E-state index is 13.0. The second kappa shape index (κ2) is 8.31. The molecule has 0 radical (unpaired) electrons. The highest BCUT2D eigenvalue weighted by Gasteiger charge is 2.24. The van der Waals surface area contributed by atoms with Gasteiger partial charge in [-0.25, -0.2) is 17.8 Å². The maximum absolute atomic E-state index is 13.0. The molecule has 4 rings (SSSR count). The van der Waals surface area contributed by atoms with Crippen molar-refractivity contribution in [2.75, 3.05) is 29.3 Å². The lowest BCUT2D eigenvalue weighted by molar-refractivity contribution is 0.0527. The predicted octanol–water partition coefficient (Wildman–Crippen LogP) is 3.19. The second-order valence-electron chi connectivity index (χ2n) is 6.99. The molecule has 1 saturated heterocycles. The Morgan fingerprint density at radius 2 is 1.97 bits per heavy atom. The molecular formula is C20H22N4O5S. The molecule has 0 saturated carbocycles. The van der Waals surface area contributed by atoms with Crippen molar-refractivity contribution < 1.29 is 22.6 Å². The molecule has 1 aromatic heterocycles. The molecule has 1 N–H and O–H groups in total. The number of carbonyl (C=O) groups is 1. The zero-order valence-electron chi connectivity index (χ0n) is 16.5. The first-order valence-corrected chi connectivity index (χ1v) is 11.3. The Labute approximate surface area is 174 Å². The van der Waals surface area contributed by atoms with Crippen LogP contribution in [0.3, 0.4) is 0 Å². The molecule has 10 heteroatoms. The number of sulfonamides is 1. The third-order valence-corrected chi connectivity index (χ3v) is 6.39. The SMILES string of the molecule is CCOC(=O)c1cc(NS(=O)(=O)c2cccc3nonc23)ccc1N1CCCCC1. The fourth-order valence-corrected chi connectivity index (χ4v) is 4.79. The molecule has 30 heavy (non-hydrogen) atoms. The molecule has 3 aromatic rings. The van der Waals surface area contributed by atoms with E-state index >= 15 is 0 Å². The first-order valence-electron chi connectivity index (χ1n) is 9.80. The van der Waals surface area contributed by atoms with Gasteiger partial charge >= 0.3 is 5.97 Å². The molecule has 1 aliphatic rings. The van der Waals surface area contributed by atoms with Crippen molar-refractivity contribution >= 4 is 38.4 Å². The zero-order valence-corrected chi connectivity index (χ0v) is 17.3. The Hall–Kier alpha value is -3.14. The van der Waals surface area contributed by atoms with Crippen LogP contribution in [0, 0.1) is 0 Å². The van der Waals surface area contributed by atoms with Gasteiger partial charge in [-0.15, -0.1) is 0 Å². The van der Waals surface area contributed by atoms with E-state index in [1.165, 1.54) is 12.1 Å². The van der Waals surface area contributed by atoms with Crippen molar-refractivity contribution in [1.29, 1.82) is 0 Å². The molecule has 0 atom stereocenters. The van der Waals surface area contributed by atoms with Gasteiger partial charge in [-0.2, -0.15) is 0 Å². The van der Waals surface area contributed by atoms with Gasteiger partial charge in [0.05, 0.1) is 17.9 Å². The van der Waals surface area contributed by atoms with Crippen LogP contribution in [-0.2, 0) is 14.8 Å². The van der Waals surface area contributed by atoms with E-state index in [0.717, 1.165) is 38.0 Å². The highest BCUT2D eigenvalue weighted by atomic mass is 32.2. The first kappa shape index (κ1) is 20.1. The fourth-order valence-electron chi connectivity index (χ4n) is 3.59. The summed E-state index contributed by atoms with van der Waals surface area (Å²) in [6, 6.07) is 9.50. The van der Waals surface area contributed by atoms with E-state index in [0.29, 0.717) is 11.1 Å². The first-order chi connectivity index (χ1) is 14.5. The maximum Gasteiger partial charge on any atom is 0.340 e. The number of piperidine rings is 1. The van der Waals surface area contributed by atoms with Crippen LogP contribution in [0.15, 0.2) is 45.9 Å². The van der Waals surface area contributed by atoms with Crippen molar-refractivity contribution in [2.24, 2.45) is 0 Å². The Bertz CT molecular complexity index is 1170. The lowest BCUT2D eigenvalue weighted by atomic mass is 10.1. The number of carbonyl (C=O) groups excluding carboxylic acids is 1. The van der Waals surface area contributed by atoms with E-state index < -0.39 is 16.0 Å². The molecule has 1 aliphatic heterocycles. The Morgan fingerprint density at radius 3 is 2.73 bits per heavy atom. The quantitative estimate of drug-likeness (QED) is 0.593. The lowest BCUT2D eigenvalue weighted by Crippen LogP contribution is -2.31. The molecule has 1 fully saturated rings. The number of esters is 1. The van der Waals surface area contributed by atoms with E-state index in [-0.39, 0.29) is 22.7 Å². The number of hydrogen-bond acceptors (Lipinski definition) is 8. The number of rotatable bonds is 6. The summed E-state index contributed by atoms with van der Waals surface area (Å²) in [5.41, 5.74) is 1.82. The fraction of sp³-hybridized carbons (Fsp3) is 0.350. The summed E-state index contributed by atoms with van der Waals surface area (Å²) in [6.45, 7) is 3.66. The zero-order chi connectivity index (χ0) is 21.1. The van der Waals surface area contributed by atoms with E-state index in [4.69, 9.17) is 4.74 Å². The molecule has 2 heterocycles. The summed E-state index contributed by atoms with van der Waals surface area (Å²) in [4.78, 5) is 14.7. The van der Waals surface area contributed by atoms with Gasteiger partial charge in [-0.3, -0.25) is 4.72 Å². The van der Waals surface area contributed by atoms with Gasteiger partial charge in [0, 0.05) is 18.8 Å². The van der Waals surface area contributed by atoms with E-state index in [9.17, 15) is 13.2 Å². The monoisotopic (exact) mass is 430 g/mol. The molecule has 9 nitrogen and oxygen atoms in total. The number of ether oxygens (including phenoxy) is 1. The largest absolute Gasteiger partial charge is 0.462 e. The molecule has 0 bridgehead atoms. The Kier molecular flexibility index (Phi) is 5.58. The van der Waals surface area contributed by atoms with Crippen LogP contribution in [-0.4, -0.2) is 44.4 Å². The van der Waals surface area contributed by atoms with E-state index in [1.807, 2.05) is 0 Å². The summed E-state index contributed by atoms with van der Waals surface area (Å²) >= 11 is 0. The molecule has 158 valence electrons. The minimum Gasteiger partial charge on any atom is -0.462 e. The van der Waals surface area contributed by atoms with Crippen molar-refractivity contribution in [2.45, 2.75) is 31.1 Å². The van der Waals surface area contributed by atoms with Gasteiger partial charge in [-0.1, -0.05) is 6.07 Å². The molecule has 0 amide bonds. The van der Waals surface area contributed by atoms with Crippen LogP contribution in [0.1, 0.15) is 36.5 Å². The molecule has 2 aromatic carbocycles. The van der Waals surface area contributed by atoms with Crippen molar-refractivity contribution in [3.63, 3.8) is 0 Å². The number of nitrogens with zero attached hydrogens (tertiary/aromatic N) is 3. The minimum atomic E-state index is -3.98. The summed E-state index contributed by atoms with van der Waals surface area (Å²) in [5, 5.41) is 7.36. The summed E-state index contributed by atoms with van der Waals surface area (Å²) < 4.78 is 38.3. The number of nitrogens with one attached hydrogen (secondary N) is 1. The standard InChI is InChI=1S/C20H22N4O5S/c1-2-28-20(25)15-13-14(9-10-17(15)24-11-4-3-5-12-24)23-30(26,27)18-8-6-7-16-19(18)22-29-21-16/h6-10,13,23H,2-5,11-12H2,1H3. The van der Waals surface area contributed by atoms with Gasteiger partial charge in [0.25, 0.3) is 10.0 Å². The predicted molar refractivity (Wildman–Crippen MR) is 111 cm³/mol. The van der Waals surface area contributed by atoms with Gasteiger partial charge < -0.3 is 9.64 Å². The highest BCUT2D eigenvalue weighted by molar-refractivity contribution is 7.93. The molecule has 0 spiro atoms. The third-order valence-electron chi connectivity index (χ3n) is 4.98. The van der Waals surface area contributed by atoms with Crippen LogP contribution in [0.2, 0.25) is 0 Å². The number of anilines is 2. The topological polar surface area (TPSA) is 115 Å². The normalized spacial score (nSPS) is 14.6. The van der Waals surface area contributed by atoms with Crippen molar-refractivity contribution in [1.82, 2.24) is 10.3 Å². The highest BCUT2D eigenvalue weighted by Crippen LogP contribution is 2.29. The number of fused-ring (bicyclic) bond motifs is 1. The summed E-state index contributed by atoms with van der Waals surface area (Å²) in [5.74, 6) is -0.484. The van der Waals surface area contributed by atoms with Crippen molar-refractivity contribution in [3.8, 4) is 0 Å². The average Bonchev–Trinajstić information content (AvgIpc) is 3.23. The molecule has 0 aliphatic carbocycles. The van der Waals surface area contributed by atoms with Gasteiger partial charge in [0.15, 0.2) is 5.52 Å². The van der Waals surface area contributed by atoms with Crippen LogP contribution in [0.4, 0.5) is 11.4 Å². The second-order valence-corrected chi connectivity index (χ2v) is 8.64. The minimum absolute atomic E-state index is 0.0564. The molecular weight excluding hydrogens is 408 g/mol. The number of benzene rings is 2. The van der Waals surface area contributed by atoms with Crippen LogP contribution in [0.5, 0.6) is 0 Å². The van der Waals surface area contributed by atoms with Crippen LogP contribution in [0.25, 0.3) is 11.0 Å². The van der Waals surface area contributed by atoms with E-state index in [2.05, 4.69) is 24.6 Å². The summed E-state index contributed by atoms with van der Waals surface area (Å²) in [6.07, 6.45) is 3.25. The van der Waals surface area contributed by atoms with Gasteiger partial charge in [-0.05, 0) is 66.8 Å². The van der Waals surface area contributed by atoms with E-state index in [1.54, 1.807) is 31.2 Å². The smallest absolute Gasteiger partial charge is 0.340 e. The molecule has 0 unspecified atom stereocenters. The Morgan fingerprint density at radius 1 is 1.17 bits per heavy atom. The van der Waals surface area contributed by atoms with Crippen molar-refractivity contribution in [3.05, 3.63) is 42.0 Å². The number of aromatic nitrogens is 2. The average molecular weight is 430 g/mol. The third kappa shape index (κ3) is 3.95. The van der Waals surface area contributed by atoms with Gasteiger partial charge in [0.1, 0.15) is 10.4 Å². The van der Waals surface area contributed by atoms with Crippen LogP contribution < -0.4 is 9.62 Å². The lowest BCUT2D eigenvalue weighted by Gasteiger charge is -2.30. The summed E-state index contributed by atoms with van der Waals surface area (Å²) in [7, 11) is -3.98. The Balaban J connectivity index is 1.69. The van der Waals surface area contributed by atoms with Crippen LogP contribution >= 0.6 is 0 Å². The number of hydrogen-bond donors (Lipinski definition) is 1. The van der Waals surface area contributed by atoms with Gasteiger partial charge in [0.2, 0.25) is 0 Å².